The molecule has 0 aliphatic heterocycles. The molecule has 2 aliphatic rings. The number of rotatable bonds is 18. The molecule has 0 bridgehead atoms. The fourth-order valence-corrected chi connectivity index (χ4v) is 8.07. The van der Waals surface area contributed by atoms with E-state index in [2.05, 4.69) is 43.8 Å². The van der Waals surface area contributed by atoms with Crippen LogP contribution in [0.25, 0.3) is 0 Å². The first-order chi connectivity index (χ1) is 22.6. The first kappa shape index (κ1) is 48.8. The van der Waals surface area contributed by atoms with Gasteiger partial charge in [-0.05, 0) is 74.7 Å². The molecule has 9 unspecified atom stereocenters. The van der Waals surface area contributed by atoms with Gasteiger partial charge >= 0.3 is 23.9 Å². The zero-order valence-corrected chi connectivity index (χ0v) is 31.6. The van der Waals surface area contributed by atoms with Gasteiger partial charge in [-0.25, -0.2) is 0 Å². The Morgan fingerprint density at radius 2 is 1.16 bits per heavy atom. The average molecular weight is 742 g/mol. The van der Waals surface area contributed by atoms with E-state index in [4.69, 9.17) is 24.4 Å². The second-order valence-electron chi connectivity index (χ2n) is 12.7. The third-order valence-corrected chi connectivity index (χ3v) is 10.1. The topological polar surface area (TPSA) is 192 Å². The van der Waals surface area contributed by atoms with E-state index in [0.29, 0.717) is 61.6 Å². The number of nitrogens with zero attached hydrogens (tertiary/aromatic N) is 2. The number of carbonyl (C=O) groups is 4. The molecule has 49 heavy (non-hydrogen) atoms. The predicted octanol–water partition coefficient (Wildman–Crippen LogP) is 4.43. The number of hydrogen-bond donors (Lipinski definition) is 7. The first-order valence-corrected chi connectivity index (χ1v) is 17.9. The van der Waals surface area contributed by atoms with Crippen LogP contribution in [-0.2, 0) is 19.2 Å². The summed E-state index contributed by atoms with van der Waals surface area (Å²) in [4.78, 5) is 48.8. The molecule has 2 rings (SSSR count). The van der Waals surface area contributed by atoms with E-state index in [0.717, 1.165) is 17.7 Å². The largest absolute Gasteiger partial charge is 0.480 e. The Bertz CT molecular complexity index is 1020. The van der Waals surface area contributed by atoms with Gasteiger partial charge in [-0.15, -0.1) is 0 Å². The summed E-state index contributed by atoms with van der Waals surface area (Å²) in [5.41, 5.74) is 1.66. The highest BCUT2D eigenvalue weighted by Gasteiger charge is 2.44. The minimum absolute atomic E-state index is 0. The fraction of sp³-hybridized carbons (Fsp3) is 0.824. The zero-order chi connectivity index (χ0) is 37.1. The van der Waals surface area contributed by atoms with E-state index in [-0.39, 0.29) is 17.6 Å². The highest BCUT2D eigenvalue weighted by Crippen LogP contribution is 2.35. The van der Waals surface area contributed by atoms with Crippen LogP contribution < -0.4 is 16.0 Å². The van der Waals surface area contributed by atoms with Gasteiger partial charge in [0.25, 0.3) is 0 Å². The maximum atomic E-state index is 11.4. The molecule has 0 aromatic heterocycles. The summed E-state index contributed by atoms with van der Waals surface area (Å²) >= 11 is 10.3. The molecular formula is C34H71N5O8S2. The number of carboxylic acid groups (broad SMARTS) is 4. The van der Waals surface area contributed by atoms with Crippen LogP contribution in [0.1, 0.15) is 91.8 Å². The van der Waals surface area contributed by atoms with Crippen molar-refractivity contribution in [2.75, 3.05) is 40.3 Å². The molecular weight excluding hydrogens is 671 g/mol. The normalized spacial score (nSPS) is 27.7. The van der Waals surface area contributed by atoms with Crippen LogP contribution in [0.4, 0.5) is 0 Å². The Balaban J connectivity index is -0.000000286. The average Bonchev–Trinajstić information content (AvgIpc) is 3.00. The molecule has 0 amide bonds. The second kappa shape index (κ2) is 25.6. The van der Waals surface area contributed by atoms with E-state index in [1.165, 1.54) is 9.80 Å². The lowest BCUT2D eigenvalue weighted by Crippen LogP contribution is -2.64. The van der Waals surface area contributed by atoms with Crippen molar-refractivity contribution in [1.29, 1.82) is 0 Å². The maximum absolute atomic E-state index is 11.4. The molecule has 0 aromatic rings. The fourth-order valence-electron chi connectivity index (χ4n) is 7.48. The summed E-state index contributed by atoms with van der Waals surface area (Å²) in [6, 6.07) is 0.280. The van der Waals surface area contributed by atoms with E-state index in [1.807, 2.05) is 27.8 Å². The van der Waals surface area contributed by atoms with Crippen LogP contribution in [0.5, 0.6) is 0 Å². The van der Waals surface area contributed by atoms with Crippen molar-refractivity contribution < 1.29 is 43.9 Å². The molecule has 0 saturated heterocycles. The minimum Gasteiger partial charge on any atom is -0.480 e. The highest BCUT2D eigenvalue weighted by atomic mass is 32.1. The van der Waals surface area contributed by atoms with Crippen molar-refractivity contribution in [1.82, 2.24) is 25.8 Å². The molecule has 0 heterocycles. The van der Waals surface area contributed by atoms with Crippen LogP contribution in [0.15, 0.2) is 0 Å². The number of likely N-dealkylation sites (N-methyl/N-ethyl adjacent to an activating group) is 2. The lowest BCUT2D eigenvalue weighted by molar-refractivity contribution is -0.149. The molecule has 2 fully saturated rings. The molecule has 0 spiro atoms. The number of thiocarbonyl (C=S) groups is 2. The SMILES string of the molecule is C.CC.CCCC(=S)CC1CCC(N(CC(=O)O)CC(=O)O)C(N(CC(=O)O)CC(=O)O)C1.CNC1C(C)C(C)C(NC=S)C(C)C1NC.[HH].[HH].[HH]. The monoisotopic (exact) mass is 741 g/mol. The maximum Gasteiger partial charge on any atom is 0.317 e. The van der Waals surface area contributed by atoms with Gasteiger partial charge in [-0.1, -0.05) is 79.8 Å². The van der Waals surface area contributed by atoms with Gasteiger partial charge in [0.15, 0.2) is 0 Å². The van der Waals surface area contributed by atoms with Crippen molar-refractivity contribution in [3.05, 3.63) is 0 Å². The third-order valence-electron chi connectivity index (χ3n) is 9.64. The van der Waals surface area contributed by atoms with Crippen molar-refractivity contribution >= 4 is 58.7 Å². The third kappa shape index (κ3) is 16.5. The molecule has 13 nitrogen and oxygen atoms in total. The van der Waals surface area contributed by atoms with Crippen LogP contribution in [0.2, 0.25) is 0 Å². The molecule has 292 valence electrons. The first-order valence-electron chi connectivity index (χ1n) is 17.0. The number of aliphatic carboxylic acids is 4. The van der Waals surface area contributed by atoms with Crippen molar-refractivity contribution in [3.8, 4) is 0 Å². The Morgan fingerprint density at radius 1 is 0.755 bits per heavy atom. The van der Waals surface area contributed by atoms with E-state index >= 15 is 0 Å². The Labute approximate surface area is 309 Å². The summed E-state index contributed by atoms with van der Waals surface area (Å²) in [7, 11) is 4.10. The molecule has 2 saturated carbocycles. The van der Waals surface area contributed by atoms with E-state index < -0.39 is 62.1 Å². The molecule has 7 N–H and O–H groups in total. The molecule has 15 heteroatoms. The van der Waals surface area contributed by atoms with Gasteiger partial charge < -0.3 is 36.4 Å². The zero-order valence-electron chi connectivity index (χ0n) is 30.0. The molecule has 0 aromatic carbocycles. The quantitative estimate of drug-likeness (QED) is 0.0976. The molecule has 0 radical (unpaired) electrons. The van der Waals surface area contributed by atoms with E-state index in [9.17, 15) is 39.6 Å². The summed E-state index contributed by atoms with van der Waals surface area (Å²) in [5, 5.41) is 47.2. The molecule has 9 atom stereocenters. The summed E-state index contributed by atoms with van der Waals surface area (Å²) in [6.45, 7) is 10.8. The van der Waals surface area contributed by atoms with Crippen LogP contribution in [0.3, 0.4) is 0 Å². The van der Waals surface area contributed by atoms with Crippen LogP contribution in [-0.4, -0.2) is 135 Å². The van der Waals surface area contributed by atoms with Crippen molar-refractivity contribution in [3.63, 3.8) is 0 Å². The van der Waals surface area contributed by atoms with Gasteiger partial charge in [-0.3, -0.25) is 29.0 Å². The predicted molar refractivity (Wildman–Crippen MR) is 209 cm³/mol. The van der Waals surface area contributed by atoms with Gasteiger partial charge in [0.05, 0.1) is 31.7 Å². The summed E-state index contributed by atoms with van der Waals surface area (Å²) in [5.74, 6) is -2.90. The number of hydrogen-bond acceptors (Lipinski definition) is 10. The molecule has 2 aliphatic carbocycles. The van der Waals surface area contributed by atoms with Crippen LogP contribution in [0, 0.1) is 23.7 Å². The van der Waals surface area contributed by atoms with Crippen LogP contribution >= 0.6 is 24.4 Å². The second-order valence-corrected chi connectivity index (χ2v) is 13.5. The summed E-state index contributed by atoms with van der Waals surface area (Å²) in [6.07, 6.45) is 3.88. The van der Waals surface area contributed by atoms with E-state index in [1.54, 1.807) is 5.49 Å². The van der Waals surface area contributed by atoms with Gasteiger partial charge in [0.1, 0.15) is 0 Å². The Morgan fingerprint density at radius 3 is 1.55 bits per heavy atom. The minimum atomic E-state index is -1.21. The smallest absolute Gasteiger partial charge is 0.317 e. The Hall–Kier alpha value is -2.30. The van der Waals surface area contributed by atoms with Crippen molar-refractivity contribution in [2.45, 2.75) is 118 Å². The standard InChI is InChI=1S/C19H30N2O8S.C12H25N3S.C2H6.CH4.3H2/c1-2-3-13(30)6-12-4-5-14(20(8-16(22)23)9-17(24)25)15(7-12)21(10-18(26)27)11-19(28)29;1-7-8(2)11(13-4)12(14-5)9(3)10(7)15-6-16;1-2;;;;/h12,14-15H,2-11H2,1H3,(H,22,23)(H,24,25)(H,26,27)(H,28,29);6-14H,1-5H3,(H,15,16);1-2H3;1H4;3*1H. The Kier molecular flexibility index (Phi) is 25.5. The summed E-state index contributed by atoms with van der Waals surface area (Å²) < 4.78 is 0. The van der Waals surface area contributed by atoms with Gasteiger partial charge in [-0.2, -0.15) is 0 Å². The van der Waals surface area contributed by atoms with Gasteiger partial charge in [0, 0.05) is 34.5 Å². The lowest BCUT2D eigenvalue weighted by atomic mass is 9.67. The number of nitrogens with one attached hydrogen (secondary N) is 3. The highest BCUT2D eigenvalue weighted by molar-refractivity contribution is 7.80. The van der Waals surface area contributed by atoms with Gasteiger partial charge in [0.2, 0.25) is 0 Å². The number of carboxylic acids is 4. The lowest BCUT2D eigenvalue weighted by Gasteiger charge is -2.49. The van der Waals surface area contributed by atoms with Crippen molar-refractivity contribution in [2.24, 2.45) is 23.7 Å².